The van der Waals surface area contributed by atoms with Gasteiger partial charge in [0, 0.05) is 29.7 Å². The molecule has 1 heterocycles. The maximum Gasteiger partial charge on any atom is 0.0799 e. The largest absolute Gasteiger partial charge is 0.399 e. The standard InChI is InChI=1S/C20H19N3/c1-23-19-12-15(22)8-10-17(19)16-9-7-14(21)11-18(16)20(23)13-5-3-2-4-6-13/h2-12,20H,21-22H2,1H3. The van der Waals surface area contributed by atoms with Gasteiger partial charge in [-0.05, 0) is 41.0 Å². The molecule has 3 nitrogen and oxygen atoms in total. The van der Waals surface area contributed by atoms with Crippen molar-refractivity contribution in [3.63, 3.8) is 0 Å². The summed E-state index contributed by atoms with van der Waals surface area (Å²) in [7, 11) is 2.11. The number of fused-ring (bicyclic) bond motifs is 3. The Morgan fingerprint density at radius 2 is 1.43 bits per heavy atom. The van der Waals surface area contributed by atoms with Crippen LogP contribution in [0.25, 0.3) is 11.1 Å². The van der Waals surface area contributed by atoms with Crippen molar-refractivity contribution in [3.05, 3.63) is 77.9 Å². The summed E-state index contributed by atoms with van der Waals surface area (Å²) in [6.07, 6.45) is 0. The van der Waals surface area contributed by atoms with Crippen LogP contribution in [0.15, 0.2) is 66.7 Å². The van der Waals surface area contributed by atoms with Gasteiger partial charge in [0.25, 0.3) is 0 Å². The van der Waals surface area contributed by atoms with Crippen LogP contribution in [0, 0.1) is 0 Å². The van der Waals surface area contributed by atoms with E-state index in [0.717, 1.165) is 17.1 Å². The van der Waals surface area contributed by atoms with Crippen molar-refractivity contribution in [2.75, 3.05) is 23.4 Å². The molecule has 1 aliphatic rings. The van der Waals surface area contributed by atoms with Gasteiger partial charge >= 0.3 is 0 Å². The molecule has 4 rings (SSSR count). The summed E-state index contributed by atoms with van der Waals surface area (Å²) < 4.78 is 0. The average Bonchev–Trinajstić information content (AvgIpc) is 2.56. The highest BCUT2D eigenvalue weighted by atomic mass is 15.1. The Morgan fingerprint density at radius 3 is 2.17 bits per heavy atom. The van der Waals surface area contributed by atoms with Gasteiger partial charge in [-0.1, -0.05) is 42.5 Å². The van der Waals surface area contributed by atoms with Crippen molar-refractivity contribution >= 4 is 17.1 Å². The molecule has 0 spiro atoms. The van der Waals surface area contributed by atoms with Gasteiger partial charge in [-0.25, -0.2) is 0 Å². The number of benzene rings is 3. The van der Waals surface area contributed by atoms with Crippen LogP contribution in [0.2, 0.25) is 0 Å². The molecule has 114 valence electrons. The Bertz CT molecular complexity index is 871. The molecule has 0 radical (unpaired) electrons. The molecule has 3 aromatic carbocycles. The molecule has 0 bridgehead atoms. The lowest BCUT2D eigenvalue weighted by Crippen LogP contribution is -2.29. The summed E-state index contributed by atoms with van der Waals surface area (Å²) in [6, 6.07) is 22.9. The van der Waals surface area contributed by atoms with Gasteiger partial charge in [0.05, 0.1) is 6.04 Å². The molecular weight excluding hydrogens is 282 g/mol. The fourth-order valence-corrected chi connectivity index (χ4v) is 3.51. The molecule has 3 aromatic rings. The Kier molecular flexibility index (Phi) is 3.01. The van der Waals surface area contributed by atoms with E-state index >= 15 is 0 Å². The summed E-state index contributed by atoms with van der Waals surface area (Å²) in [5.41, 5.74) is 19.7. The third kappa shape index (κ3) is 2.13. The van der Waals surface area contributed by atoms with E-state index in [2.05, 4.69) is 54.4 Å². The molecular formula is C20H19N3. The lowest BCUT2D eigenvalue weighted by molar-refractivity contribution is 0.775. The quantitative estimate of drug-likeness (QED) is 0.666. The molecule has 0 aromatic heterocycles. The minimum Gasteiger partial charge on any atom is -0.399 e. The number of rotatable bonds is 1. The van der Waals surface area contributed by atoms with Crippen molar-refractivity contribution in [1.82, 2.24) is 0 Å². The van der Waals surface area contributed by atoms with Gasteiger partial charge in [0.2, 0.25) is 0 Å². The topological polar surface area (TPSA) is 55.3 Å². The van der Waals surface area contributed by atoms with E-state index in [1.165, 1.54) is 22.3 Å². The number of hydrogen-bond acceptors (Lipinski definition) is 3. The number of nitrogen functional groups attached to an aromatic ring is 2. The molecule has 1 aliphatic heterocycles. The lowest BCUT2D eigenvalue weighted by atomic mass is 9.85. The van der Waals surface area contributed by atoms with Crippen LogP contribution < -0.4 is 16.4 Å². The Hall–Kier alpha value is -2.94. The normalized spacial score (nSPS) is 15.9. The number of anilines is 3. The second kappa shape index (κ2) is 5.06. The first kappa shape index (κ1) is 13.7. The predicted molar refractivity (Wildman–Crippen MR) is 97.4 cm³/mol. The fourth-order valence-electron chi connectivity index (χ4n) is 3.51. The smallest absolute Gasteiger partial charge is 0.0799 e. The number of hydrogen-bond donors (Lipinski definition) is 2. The van der Waals surface area contributed by atoms with Crippen molar-refractivity contribution in [1.29, 1.82) is 0 Å². The third-order valence-corrected chi connectivity index (χ3v) is 4.56. The monoisotopic (exact) mass is 301 g/mol. The molecule has 0 saturated carbocycles. The van der Waals surface area contributed by atoms with Crippen LogP contribution in [-0.2, 0) is 0 Å². The molecule has 1 atom stereocenters. The zero-order chi connectivity index (χ0) is 16.0. The molecule has 4 N–H and O–H groups in total. The summed E-state index contributed by atoms with van der Waals surface area (Å²) in [4.78, 5) is 2.28. The zero-order valence-corrected chi connectivity index (χ0v) is 13.0. The van der Waals surface area contributed by atoms with Crippen molar-refractivity contribution in [2.24, 2.45) is 0 Å². The van der Waals surface area contributed by atoms with Gasteiger partial charge in [-0.2, -0.15) is 0 Å². The highest BCUT2D eigenvalue weighted by Crippen LogP contribution is 2.47. The average molecular weight is 301 g/mol. The van der Waals surface area contributed by atoms with Gasteiger partial charge in [-0.3, -0.25) is 0 Å². The minimum absolute atomic E-state index is 0.129. The highest BCUT2D eigenvalue weighted by molar-refractivity contribution is 5.88. The van der Waals surface area contributed by atoms with Gasteiger partial charge in [-0.15, -0.1) is 0 Å². The van der Waals surface area contributed by atoms with Crippen molar-refractivity contribution in [3.8, 4) is 11.1 Å². The summed E-state index contributed by atoms with van der Waals surface area (Å²) >= 11 is 0. The van der Waals surface area contributed by atoms with E-state index < -0.39 is 0 Å². The van der Waals surface area contributed by atoms with E-state index in [4.69, 9.17) is 11.5 Å². The van der Waals surface area contributed by atoms with Crippen LogP contribution in [-0.4, -0.2) is 7.05 Å². The van der Waals surface area contributed by atoms with Crippen LogP contribution in [0.3, 0.4) is 0 Å². The number of nitrogens with two attached hydrogens (primary N) is 2. The van der Waals surface area contributed by atoms with E-state index in [1.54, 1.807) is 0 Å². The van der Waals surface area contributed by atoms with Crippen molar-refractivity contribution in [2.45, 2.75) is 6.04 Å². The predicted octanol–water partition coefficient (Wildman–Crippen LogP) is 4.06. The zero-order valence-electron chi connectivity index (χ0n) is 13.0. The first-order chi connectivity index (χ1) is 11.1. The fraction of sp³-hybridized carbons (Fsp3) is 0.100. The Balaban J connectivity index is 2.01. The lowest BCUT2D eigenvalue weighted by Gasteiger charge is -2.38. The van der Waals surface area contributed by atoms with E-state index in [0.29, 0.717) is 0 Å². The maximum absolute atomic E-state index is 6.07. The molecule has 0 amide bonds. The Morgan fingerprint density at radius 1 is 0.783 bits per heavy atom. The molecule has 0 fully saturated rings. The second-order valence-corrected chi connectivity index (χ2v) is 6.05. The van der Waals surface area contributed by atoms with Crippen LogP contribution in [0.5, 0.6) is 0 Å². The molecule has 0 saturated heterocycles. The van der Waals surface area contributed by atoms with E-state index in [-0.39, 0.29) is 6.04 Å². The third-order valence-electron chi connectivity index (χ3n) is 4.56. The highest BCUT2D eigenvalue weighted by Gasteiger charge is 2.30. The maximum atomic E-state index is 6.07. The first-order valence-corrected chi connectivity index (χ1v) is 7.72. The van der Waals surface area contributed by atoms with Crippen LogP contribution >= 0.6 is 0 Å². The van der Waals surface area contributed by atoms with Gasteiger partial charge in [0.1, 0.15) is 0 Å². The summed E-state index contributed by atoms with van der Waals surface area (Å²) in [6.45, 7) is 0. The van der Waals surface area contributed by atoms with E-state index in [1.807, 2.05) is 24.3 Å². The summed E-state index contributed by atoms with van der Waals surface area (Å²) in [5, 5.41) is 0. The molecule has 23 heavy (non-hydrogen) atoms. The van der Waals surface area contributed by atoms with Crippen molar-refractivity contribution < 1.29 is 0 Å². The van der Waals surface area contributed by atoms with Crippen LogP contribution in [0.1, 0.15) is 17.2 Å². The SMILES string of the molecule is CN1c2cc(N)ccc2-c2ccc(N)cc2C1c1ccccc1. The van der Waals surface area contributed by atoms with Crippen LogP contribution in [0.4, 0.5) is 17.1 Å². The van der Waals surface area contributed by atoms with Gasteiger partial charge in [0.15, 0.2) is 0 Å². The van der Waals surface area contributed by atoms with E-state index in [9.17, 15) is 0 Å². The van der Waals surface area contributed by atoms with Gasteiger partial charge < -0.3 is 16.4 Å². The molecule has 0 aliphatic carbocycles. The minimum atomic E-state index is 0.129. The first-order valence-electron chi connectivity index (χ1n) is 7.72. The molecule has 1 unspecified atom stereocenters. The number of nitrogens with zero attached hydrogens (tertiary/aromatic N) is 1. The Labute approximate surface area is 136 Å². The summed E-state index contributed by atoms with van der Waals surface area (Å²) in [5.74, 6) is 0. The molecule has 3 heteroatoms. The second-order valence-electron chi connectivity index (χ2n) is 6.05.